The molecule has 0 bridgehead atoms. The maximum Gasteiger partial charge on any atom is 0.164 e. The van der Waals surface area contributed by atoms with Crippen molar-refractivity contribution in [2.24, 2.45) is 0 Å². The van der Waals surface area contributed by atoms with Crippen molar-refractivity contribution < 1.29 is 4.42 Å². The maximum absolute atomic E-state index is 6.03. The lowest BCUT2D eigenvalue weighted by atomic mass is 10.0. The average Bonchev–Trinajstić information content (AvgIpc) is 3.35. The standard InChI is InChI=1S/C33H20BrN3O/c34-26-10-6-9-24(19-26)21-13-15-23(16-14-21)32-35-31(22-7-2-1-3-8-22)36-33(37-32)25-17-18-30-28(20-25)27-11-4-5-12-29(27)38-30/h1-20H. The zero-order valence-electron chi connectivity index (χ0n) is 20.2. The van der Waals surface area contributed by atoms with Gasteiger partial charge in [-0.3, -0.25) is 0 Å². The number of halogens is 1. The van der Waals surface area contributed by atoms with E-state index in [1.54, 1.807) is 0 Å². The summed E-state index contributed by atoms with van der Waals surface area (Å²) in [6.07, 6.45) is 0. The van der Waals surface area contributed by atoms with Gasteiger partial charge in [-0.15, -0.1) is 0 Å². The van der Waals surface area contributed by atoms with Crippen molar-refractivity contribution >= 4 is 37.9 Å². The molecule has 4 nitrogen and oxygen atoms in total. The molecule has 0 radical (unpaired) electrons. The second-order valence-corrected chi connectivity index (χ2v) is 9.98. The fraction of sp³-hybridized carbons (Fsp3) is 0. The quantitative estimate of drug-likeness (QED) is 0.218. The van der Waals surface area contributed by atoms with E-state index in [-0.39, 0.29) is 0 Å². The molecule has 0 aliphatic rings. The minimum absolute atomic E-state index is 0.622. The monoisotopic (exact) mass is 553 g/mol. The zero-order chi connectivity index (χ0) is 25.5. The molecule has 38 heavy (non-hydrogen) atoms. The van der Waals surface area contributed by atoms with Crippen LogP contribution in [-0.2, 0) is 0 Å². The Hall–Kier alpha value is -4.61. The summed E-state index contributed by atoms with van der Waals surface area (Å²) in [5.41, 5.74) is 6.77. The van der Waals surface area contributed by atoms with Gasteiger partial charge in [-0.1, -0.05) is 101 Å². The molecule has 2 heterocycles. The molecule has 7 rings (SSSR count). The van der Waals surface area contributed by atoms with Crippen molar-refractivity contribution in [2.45, 2.75) is 0 Å². The summed E-state index contributed by atoms with van der Waals surface area (Å²) in [6.45, 7) is 0. The van der Waals surface area contributed by atoms with Crippen molar-refractivity contribution in [1.29, 1.82) is 0 Å². The van der Waals surface area contributed by atoms with Crippen LogP contribution < -0.4 is 0 Å². The topological polar surface area (TPSA) is 51.8 Å². The first kappa shape index (κ1) is 22.6. The third-order valence-corrected chi connectivity index (χ3v) is 7.10. The molecule has 180 valence electrons. The molecular weight excluding hydrogens is 534 g/mol. The van der Waals surface area contributed by atoms with Crippen molar-refractivity contribution in [2.75, 3.05) is 0 Å². The molecule has 0 N–H and O–H groups in total. The van der Waals surface area contributed by atoms with E-state index in [1.807, 2.05) is 72.8 Å². The number of fused-ring (bicyclic) bond motifs is 3. The molecule has 0 saturated carbocycles. The van der Waals surface area contributed by atoms with Crippen molar-refractivity contribution in [3.63, 3.8) is 0 Å². The predicted molar refractivity (Wildman–Crippen MR) is 157 cm³/mol. The molecular formula is C33H20BrN3O. The lowest BCUT2D eigenvalue weighted by Crippen LogP contribution is -2.00. The molecule has 0 saturated heterocycles. The van der Waals surface area contributed by atoms with Crippen LogP contribution in [0.1, 0.15) is 0 Å². The van der Waals surface area contributed by atoms with Gasteiger partial charge in [-0.2, -0.15) is 0 Å². The van der Waals surface area contributed by atoms with E-state index >= 15 is 0 Å². The van der Waals surface area contributed by atoms with E-state index in [2.05, 4.69) is 64.5 Å². The summed E-state index contributed by atoms with van der Waals surface area (Å²) in [5, 5.41) is 2.12. The fourth-order valence-corrected chi connectivity index (χ4v) is 5.09. The van der Waals surface area contributed by atoms with Gasteiger partial charge in [-0.05, 0) is 47.5 Å². The number of para-hydroxylation sites is 1. The maximum atomic E-state index is 6.03. The second-order valence-electron chi connectivity index (χ2n) is 9.07. The van der Waals surface area contributed by atoms with Crippen LogP contribution in [0.2, 0.25) is 0 Å². The molecule has 5 heteroatoms. The number of benzene rings is 5. The Balaban J connectivity index is 1.36. The van der Waals surface area contributed by atoms with E-state index in [0.29, 0.717) is 17.5 Å². The number of nitrogens with zero attached hydrogens (tertiary/aromatic N) is 3. The van der Waals surface area contributed by atoms with Gasteiger partial charge in [0.1, 0.15) is 11.2 Å². The molecule has 7 aromatic rings. The summed E-state index contributed by atoms with van der Waals surface area (Å²) in [6, 6.07) is 40.8. The van der Waals surface area contributed by atoms with Crippen LogP contribution in [0.3, 0.4) is 0 Å². The molecule has 0 fully saturated rings. The van der Waals surface area contributed by atoms with Gasteiger partial charge in [0.05, 0.1) is 0 Å². The van der Waals surface area contributed by atoms with Gasteiger partial charge in [-0.25, -0.2) is 15.0 Å². The van der Waals surface area contributed by atoms with Gasteiger partial charge >= 0.3 is 0 Å². The molecule has 0 atom stereocenters. The van der Waals surface area contributed by atoms with Crippen molar-refractivity contribution in [1.82, 2.24) is 15.0 Å². The Labute approximate surface area is 227 Å². The van der Waals surface area contributed by atoms with E-state index in [1.165, 1.54) is 0 Å². The molecule has 5 aromatic carbocycles. The van der Waals surface area contributed by atoms with Crippen LogP contribution in [0.15, 0.2) is 130 Å². The highest BCUT2D eigenvalue weighted by atomic mass is 79.9. The van der Waals surface area contributed by atoms with Gasteiger partial charge in [0, 0.05) is 31.9 Å². The van der Waals surface area contributed by atoms with Crippen LogP contribution in [0.4, 0.5) is 0 Å². The zero-order valence-corrected chi connectivity index (χ0v) is 21.8. The molecule has 0 spiro atoms. The minimum Gasteiger partial charge on any atom is -0.456 e. The number of hydrogen-bond donors (Lipinski definition) is 0. The largest absolute Gasteiger partial charge is 0.456 e. The summed E-state index contributed by atoms with van der Waals surface area (Å²) in [4.78, 5) is 14.7. The Morgan fingerprint density at radius 1 is 0.421 bits per heavy atom. The Morgan fingerprint density at radius 2 is 1.00 bits per heavy atom. The van der Waals surface area contributed by atoms with Crippen molar-refractivity contribution in [3.8, 4) is 45.3 Å². The summed E-state index contributed by atoms with van der Waals surface area (Å²) >= 11 is 3.56. The van der Waals surface area contributed by atoms with Crippen molar-refractivity contribution in [3.05, 3.63) is 126 Å². The number of aromatic nitrogens is 3. The fourth-order valence-electron chi connectivity index (χ4n) is 4.70. The third kappa shape index (κ3) is 4.17. The van der Waals surface area contributed by atoms with E-state index in [0.717, 1.165) is 54.2 Å². The van der Waals surface area contributed by atoms with E-state index < -0.39 is 0 Å². The average molecular weight is 554 g/mol. The number of hydrogen-bond acceptors (Lipinski definition) is 4. The minimum atomic E-state index is 0.622. The van der Waals surface area contributed by atoms with Crippen LogP contribution in [0, 0.1) is 0 Å². The SMILES string of the molecule is Brc1cccc(-c2ccc(-c3nc(-c4ccccc4)nc(-c4ccc5oc6ccccc6c5c4)n3)cc2)c1. The Kier molecular flexibility index (Phi) is 5.56. The highest BCUT2D eigenvalue weighted by Gasteiger charge is 2.14. The van der Waals surface area contributed by atoms with Gasteiger partial charge in [0.15, 0.2) is 17.5 Å². The van der Waals surface area contributed by atoms with Gasteiger partial charge in [0.25, 0.3) is 0 Å². The summed E-state index contributed by atoms with van der Waals surface area (Å²) in [5.74, 6) is 1.89. The summed E-state index contributed by atoms with van der Waals surface area (Å²) in [7, 11) is 0. The third-order valence-electron chi connectivity index (χ3n) is 6.60. The summed E-state index contributed by atoms with van der Waals surface area (Å²) < 4.78 is 7.08. The first-order valence-electron chi connectivity index (χ1n) is 12.3. The predicted octanol–water partition coefficient (Wildman–Crippen LogP) is 9.20. The highest BCUT2D eigenvalue weighted by Crippen LogP contribution is 2.33. The molecule has 2 aromatic heterocycles. The highest BCUT2D eigenvalue weighted by molar-refractivity contribution is 9.10. The van der Waals surface area contributed by atoms with Crippen LogP contribution in [0.25, 0.3) is 67.2 Å². The second kappa shape index (κ2) is 9.36. The number of furan rings is 1. The Bertz CT molecular complexity index is 1930. The molecule has 0 unspecified atom stereocenters. The normalized spacial score (nSPS) is 11.3. The van der Waals surface area contributed by atoms with Gasteiger partial charge < -0.3 is 4.42 Å². The van der Waals surface area contributed by atoms with Gasteiger partial charge in [0.2, 0.25) is 0 Å². The van der Waals surface area contributed by atoms with E-state index in [9.17, 15) is 0 Å². The molecule has 0 aliphatic heterocycles. The number of rotatable bonds is 4. The lowest BCUT2D eigenvalue weighted by Gasteiger charge is -2.09. The van der Waals surface area contributed by atoms with E-state index in [4.69, 9.17) is 19.4 Å². The lowest BCUT2D eigenvalue weighted by molar-refractivity contribution is 0.669. The van der Waals surface area contributed by atoms with Crippen LogP contribution in [0.5, 0.6) is 0 Å². The molecule has 0 amide bonds. The first-order chi connectivity index (χ1) is 18.7. The Morgan fingerprint density at radius 3 is 1.76 bits per heavy atom. The smallest absolute Gasteiger partial charge is 0.164 e. The van der Waals surface area contributed by atoms with Crippen LogP contribution in [-0.4, -0.2) is 15.0 Å². The van der Waals surface area contributed by atoms with Crippen LogP contribution >= 0.6 is 15.9 Å². The molecule has 0 aliphatic carbocycles. The first-order valence-corrected chi connectivity index (χ1v) is 13.1.